The van der Waals surface area contributed by atoms with Crippen LogP contribution in [0.1, 0.15) is 43.0 Å². The average Bonchev–Trinajstić information content (AvgIpc) is 3.11. The van der Waals surface area contributed by atoms with Gasteiger partial charge in [-0.05, 0) is 56.3 Å². The van der Waals surface area contributed by atoms with Gasteiger partial charge in [-0.15, -0.1) is 0 Å². The number of nitrogens with one attached hydrogen (secondary N) is 1. The number of pyridine rings is 1. The van der Waals surface area contributed by atoms with Gasteiger partial charge in [-0.1, -0.05) is 12.8 Å². The summed E-state index contributed by atoms with van der Waals surface area (Å²) in [6.07, 6.45) is 8.08. The van der Waals surface area contributed by atoms with Crippen molar-refractivity contribution in [1.29, 1.82) is 5.26 Å². The molecule has 1 N–H and O–H groups in total. The van der Waals surface area contributed by atoms with Gasteiger partial charge in [0.1, 0.15) is 17.6 Å². The number of hydrogen-bond donors (Lipinski definition) is 1. The fourth-order valence-electron chi connectivity index (χ4n) is 3.94. The van der Waals surface area contributed by atoms with Gasteiger partial charge in [0, 0.05) is 18.1 Å². The maximum absolute atomic E-state index is 13.8. The number of nitriles is 1. The van der Waals surface area contributed by atoms with Crippen LogP contribution in [0, 0.1) is 17.1 Å². The van der Waals surface area contributed by atoms with Gasteiger partial charge in [-0.3, -0.25) is 9.88 Å². The normalized spacial score (nSPS) is 16.4. The van der Waals surface area contributed by atoms with Crippen LogP contribution in [0.15, 0.2) is 47.2 Å². The number of benzene rings is 1. The van der Waals surface area contributed by atoms with Crippen LogP contribution in [0.4, 0.5) is 10.1 Å². The molecule has 1 aromatic carbocycles. The molecule has 3 heterocycles. The summed E-state index contributed by atoms with van der Waals surface area (Å²) >= 11 is 0. The molecule has 3 aromatic rings. The van der Waals surface area contributed by atoms with E-state index in [1.165, 1.54) is 44.0 Å². The molecule has 28 heavy (non-hydrogen) atoms. The molecular formula is C22H23FN4O. The standard InChI is InChI=1S/C22H23FN4O/c23-17-7-8-19-18(12-17)22(16(13-24)14-25-19)26-15-20(21-6-5-11-28-21)27-9-3-1-2-4-10-27/h5-8,11-12,14,20H,1-4,9-10,15H2,(H,25,26). The van der Waals surface area contributed by atoms with E-state index < -0.39 is 0 Å². The Hall–Kier alpha value is -2.91. The Morgan fingerprint density at radius 3 is 2.75 bits per heavy atom. The van der Waals surface area contributed by atoms with Crippen molar-refractivity contribution in [3.63, 3.8) is 0 Å². The lowest BCUT2D eigenvalue weighted by molar-refractivity contribution is 0.189. The zero-order valence-electron chi connectivity index (χ0n) is 15.7. The van der Waals surface area contributed by atoms with Gasteiger partial charge in [-0.25, -0.2) is 4.39 Å². The van der Waals surface area contributed by atoms with E-state index in [4.69, 9.17) is 4.42 Å². The lowest BCUT2D eigenvalue weighted by atomic mass is 10.1. The summed E-state index contributed by atoms with van der Waals surface area (Å²) in [4.78, 5) is 6.71. The number of halogens is 1. The van der Waals surface area contributed by atoms with Gasteiger partial charge < -0.3 is 9.73 Å². The molecule has 4 rings (SSSR count). The Labute approximate surface area is 163 Å². The molecule has 5 nitrogen and oxygen atoms in total. The summed E-state index contributed by atoms with van der Waals surface area (Å²) in [5.74, 6) is 0.556. The molecule has 1 atom stereocenters. The summed E-state index contributed by atoms with van der Waals surface area (Å²) in [6.45, 7) is 2.60. The van der Waals surface area contributed by atoms with Crippen molar-refractivity contribution in [3.05, 3.63) is 59.9 Å². The van der Waals surface area contributed by atoms with E-state index in [2.05, 4.69) is 21.3 Å². The summed E-state index contributed by atoms with van der Waals surface area (Å²) in [5, 5.41) is 13.6. The lowest BCUT2D eigenvalue weighted by Crippen LogP contribution is -2.34. The van der Waals surface area contributed by atoms with E-state index in [-0.39, 0.29) is 11.9 Å². The first kappa shape index (κ1) is 18.5. The van der Waals surface area contributed by atoms with E-state index in [0.29, 0.717) is 28.7 Å². The number of likely N-dealkylation sites (tertiary alicyclic amines) is 1. The van der Waals surface area contributed by atoms with E-state index in [1.54, 1.807) is 12.3 Å². The fraction of sp³-hybridized carbons (Fsp3) is 0.364. The highest BCUT2D eigenvalue weighted by atomic mass is 19.1. The number of furan rings is 1. The zero-order valence-corrected chi connectivity index (χ0v) is 15.7. The van der Waals surface area contributed by atoms with E-state index >= 15 is 0 Å². The van der Waals surface area contributed by atoms with Gasteiger partial charge >= 0.3 is 0 Å². The van der Waals surface area contributed by atoms with E-state index in [0.717, 1.165) is 18.8 Å². The highest BCUT2D eigenvalue weighted by molar-refractivity contribution is 5.93. The van der Waals surface area contributed by atoms with Crippen LogP contribution < -0.4 is 5.32 Å². The van der Waals surface area contributed by atoms with Crippen LogP contribution >= 0.6 is 0 Å². The second-order valence-electron chi connectivity index (χ2n) is 7.18. The van der Waals surface area contributed by atoms with Gasteiger partial charge in [0.2, 0.25) is 0 Å². The second kappa shape index (κ2) is 8.41. The minimum atomic E-state index is -0.345. The van der Waals surface area contributed by atoms with Gasteiger partial charge in [0.05, 0.1) is 29.1 Å². The van der Waals surface area contributed by atoms with Gasteiger partial charge in [0.15, 0.2) is 0 Å². The first-order chi connectivity index (χ1) is 13.8. The number of rotatable bonds is 5. The molecule has 0 amide bonds. The van der Waals surface area contributed by atoms with Crippen molar-refractivity contribution in [1.82, 2.24) is 9.88 Å². The molecule has 0 radical (unpaired) electrons. The largest absolute Gasteiger partial charge is 0.468 e. The fourth-order valence-corrected chi connectivity index (χ4v) is 3.94. The molecular weight excluding hydrogens is 355 g/mol. The monoisotopic (exact) mass is 378 g/mol. The molecule has 0 spiro atoms. The second-order valence-corrected chi connectivity index (χ2v) is 7.18. The SMILES string of the molecule is N#Cc1cnc2ccc(F)cc2c1NCC(c1ccco1)N1CCCCCC1. The third-order valence-corrected chi connectivity index (χ3v) is 5.38. The maximum Gasteiger partial charge on any atom is 0.124 e. The number of anilines is 1. The van der Waals surface area contributed by atoms with Crippen LogP contribution in [0.3, 0.4) is 0 Å². The minimum absolute atomic E-state index is 0.0522. The third-order valence-electron chi connectivity index (χ3n) is 5.38. The highest BCUT2D eigenvalue weighted by Crippen LogP contribution is 2.29. The third kappa shape index (κ3) is 3.85. The minimum Gasteiger partial charge on any atom is -0.468 e. The number of fused-ring (bicyclic) bond motifs is 1. The van der Waals surface area contributed by atoms with Crippen LogP contribution in [0.5, 0.6) is 0 Å². The number of hydrogen-bond acceptors (Lipinski definition) is 5. The Morgan fingerprint density at radius 1 is 1.21 bits per heavy atom. The molecule has 1 fully saturated rings. The van der Waals surface area contributed by atoms with Gasteiger partial charge in [-0.2, -0.15) is 5.26 Å². The van der Waals surface area contributed by atoms with Crippen molar-refractivity contribution < 1.29 is 8.81 Å². The predicted molar refractivity (Wildman–Crippen MR) is 106 cm³/mol. The number of nitrogens with zero attached hydrogens (tertiary/aromatic N) is 3. The topological polar surface area (TPSA) is 65.1 Å². The Balaban J connectivity index is 1.65. The smallest absolute Gasteiger partial charge is 0.124 e. The van der Waals surface area contributed by atoms with Crippen molar-refractivity contribution in [2.75, 3.05) is 25.0 Å². The van der Waals surface area contributed by atoms with Gasteiger partial charge in [0.25, 0.3) is 0 Å². The summed E-state index contributed by atoms with van der Waals surface area (Å²) in [7, 11) is 0. The zero-order chi connectivity index (χ0) is 19.3. The molecule has 144 valence electrons. The average molecular weight is 378 g/mol. The lowest BCUT2D eigenvalue weighted by Gasteiger charge is -2.30. The summed E-state index contributed by atoms with van der Waals surface area (Å²) in [6, 6.07) is 10.6. The molecule has 2 aromatic heterocycles. The first-order valence-electron chi connectivity index (χ1n) is 9.76. The predicted octanol–water partition coefficient (Wildman–Crippen LogP) is 4.87. The van der Waals surface area contributed by atoms with E-state index in [9.17, 15) is 9.65 Å². The quantitative estimate of drug-likeness (QED) is 0.686. The molecule has 0 aliphatic carbocycles. The van der Waals surface area contributed by atoms with Crippen molar-refractivity contribution in [3.8, 4) is 6.07 Å². The molecule has 1 aliphatic rings. The Bertz CT molecular complexity index is 972. The molecule has 6 heteroatoms. The van der Waals surface area contributed by atoms with Crippen LogP contribution in [-0.2, 0) is 0 Å². The van der Waals surface area contributed by atoms with Crippen molar-refractivity contribution in [2.45, 2.75) is 31.7 Å². The molecule has 0 bridgehead atoms. The highest BCUT2D eigenvalue weighted by Gasteiger charge is 2.24. The van der Waals surface area contributed by atoms with Crippen LogP contribution in [0.25, 0.3) is 10.9 Å². The van der Waals surface area contributed by atoms with Crippen LogP contribution in [-0.4, -0.2) is 29.5 Å². The molecule has 1 saturated heterocycles. The summed E-state index contributed by atoms with van der Waals surface area (Å²) < 4.78 is 19.6. The van der Waals surface area contributed by atoms with Crippen molar-refractivity contribution in [2.24, 2.45) is 0 Å². The van der Waals surface area contributed by atoms with Crippen LogP contribution in [0.2, 0.25) is 0 Å². The molecule has 0 saturated carbocycles. The Morgan fingerprint density at radius 2 is 2.04 bits per heavy atom. The summed E-state index contributed by atoms with van der Waals surface area (Å²) in [5.41, 5.74) is 1.69. The maximum atomic E-state index is 13.8. The molecule has 1 aliphatic heterocycles. The van der Waals surface area contributed by atoms with E-state index in [1.807, 2.05) is 12.1 Å². The number of aromatic nitrogens is 1. The van der Waals surface area contributed by atoms with Crippen molar-refractivity contribution >= 4 is 16.6 Å². The Kier molecular flexibility index (Phi) is 5.54. The first-order valence-corrected chi connectivity index (χ1v) is 9.76. The molecule has 1 unspecified atom stereocenters.